The molecular formula is C12H20N2O2. The Kier molecular flexibility index (Phi) is 5.30. The number of amides is 1. The summed E-state index contributed by atoms with van der Waals surface area (Å²) in [5, 5.41) is 0. The number of carbonyl (C=O) groups is 1. The minimum atomic E-state index is -0.560. The van der Waals surface area contributed by atoms with Crippen molar-refractivity contribution in [3.63, 3.8) is 0 Å². The van der Waals surface area contributed by atoms with Crippen LogP contribution in [0.3, 0.4) is 0 Å². The Morgan fingerprint density at radius 1 is 1.62 bits per heavy atom. The number of hydrogen-bond donors (Lipinski definition) is 1. The minimum absolute atomic E-state index is 0.0653. The molecule has 16 heavy (non-hydrogen) atoms. The summed E-state index contributed by atoms with van der Waals surface area (Å²) in [5.74, 6) is 2.88. The van der Waals surface area contributed by atoms with Gasteiger partial charge in [0.05, 0.1) is 6.04 Å². The van der Waals surface area contributed by atoms with Crippen LogP contribution in [0, 0.1) is 18.3 Å². The van der Waals surface area contributed by atoms with Gasteiger partial charge in [-0.15, -0.1) is 12.3 Å². The Balaban J connectivity index is 2.35. The van der Waals surface area contributed by atoms with E-state index in [1.54, 1.807) is 11.9 Å². The molecule has 1 atom stereocenters. The van der Waals surface area contributed by atoms with Crippen LogP contribution < -0.4 is 5.73 Å². The number of ether oxygens (including phenoxy) is 1. The van der Waals surface area contributed by atoms with Crippen molar-refractivity contribution in [2.75, 3.05) is 26.8 Å². The summed E-state index contributed by atoms with van der Waals surface area (Å²) >= 11 is 0. The van der Waals surface area contributed by atoms with Crippen LogP contribution in [0.25, 0.3) is 0 Å². The van der Waals surface area contributed by atoms with Crippen molar-refractivity contribution >= 4 is 5.91 Å². The van der Waals surface area contributed by atoms with Crippen molar-refractivity contribution in [2.24, 2.45) is 11.7 Å². The van der Waals surface area contributed by atoms with Gasteiger partial charge in [-0.25, -0.2) is 0 Å². The second kappa shape index (κ2) is 6.51. The van der Waals surface area contributed by atoms with E-state index in [2.05, 4.69) is 5.92 Å². The lowest BCUT2D eigenvalue weighted by Crippen LogP contribution is -2.44. The van der Waals surface area contributed by atoms with Crippen molar-refractivity contribution in [3.05, 3.63) is 0 Å². The summed E-state index contributed by atoms with van der Waals surface area (Å²) in [5.41, 5.74) is 5.68. The third-order valence-electron chi connectivity index (χ3n) is 2.90. The predicted molar refractivity (Wildman–Crippen MR) is 62.6 cm³/mol. The number of likely N-dealkylation sites (N-methyl/N-ethyl adjacent to an activating group) is 1. The Hall–Kier alpha value is -1.05. The molecule has 90 valence electrons. The maximum Gasteiger partial charge on any atom is 0.240 e. The summed E-state index contributed by atoms with van der Waals surface area (Å²) in [6, 6.07) is -0.560. The normalized spacial score (nSPS) is 18.8. The van der Waals surface area contributed by atoms with Crippen LogP contribution in [-0.2, 0) is 9.53 Å². The van der Waals surface area contributed by atoms with Gasteiger partial charge in [-0.2, -0.15) is 0 Å². The van der Waals surface area contributed by atoms with Crippen LogP contribution >= 0.6 is 0 Å². The zero-order valence-corrected chi connectivity index (χ0v) is 9.82. The van der Waals surface area contributed by atoms with E-state index in [1.165, 1.54) is 0 Å². The lowest BCUT2D eigenvalue weighted by atomic mass is 9.99. The van der Waals surface area contributed by atoms with E-state index in [-0.39, 0.29) is 5.91 Å². The number of carbonyl (C=O) groups excluding carboxylic acids is 1. The van der Waals surface area contributed by atoms with Crippen molar-refractivity contribution in [1.82, 2.24) is 4.90 Å². The van der Waals surface area contributed by atoms with Crippen molar-refractivity contribution in [1.29, 1.82) is 0 Å². The molecule has 0 saturated carbocycles. The third kappa shape index (κ3) is 3.84. The van der Waals surface area contributed by atoms with E-state index >= 15 is 0 Å². The monoisotopic (exact) mass is 224 g/mol. The van der Waals surface area contributed by atoms with Gasteiger partial charge in [-0.3, -0.25) is 4.79 Å². The van der Waals surface area contributed by atoms with Gasteiger partial charge in [-0.05, 0) is 18.8 Å². The summed E-state index contributed by atoms with van der Waals surface area (Å²) in [4.78, 5) is 13.5. The van der Waals surface area contributed by atoms with Gasteiger partial charge in [0.2, 0.25) is 5.91 Å². The summed E-state index contributed by atoms with van der Waals surface area (Å²) in [6.07, 6.45) is 7.47. The second-order valence-corrected chi connectivity index (χ2v) is 4.29. The maximum atomic E-state index is 11.8. The largest absolute Gasteiger partial charge is 0.381 e. The molecule has 1 amide bonds. The molecule has 0 aliphatic carbocycles. The van der Waals surface area contributed by atoms with Crippen LogP contribution in [0.4, 0.5) is 0 Å². The third-order valence-corrected chi connectivity index (χ3v) is 2.90. The van der Waals surface area contributed by atoms with Crippen molar-refractivity contribution < 1.29 is 9.53 Å². The highest BCUT2D eigenvalue weighted by Crippen LogP contribution is 2.15. The predicted octanol–water partition coefficient (Wildman–Crippen LogP) is 0.222. The van der Waals surface area contributed by atoms with E-state index in [9.17, 15) is 4.79 Å². The molecule has 4 heteroatoms. The number of nitrogens with zero attached hydrogens (tertiary/aromatic N) is 1. The highest BCUT2D eigenvalue weighted by atomic mass is 16.5. The summed E-state index contributed by atoms with van der Waals surface area (Å²) < 4.78 is 5.27. The Labute approximate surface area is 97.1 Å². The van der Waals surface area contributed by atoms with Crippen LogP contribution in [-0.4, -0.2) is 43.7 Å². The molecule has 1 fully saturated rings. The maximum absolute atomic E-state index is 11.8. The van der Waals surface area contributed by atoms with Crippen molar-refractivity contribution in [3.8, 4) is 12.3 Å². The molecule has 0 spiro atoms. The first-order valence-corrected chi connectivity index (χ1v) is 5.67. The fourth-order valence-corrected chi connectivity index (χ4v) is 1.90. The molecule has 0 aromatic rings. The number of hydrogen-bond acceptors (Lipinski definition) is 3. The zero-order chi connectivity index (χ0) is 12.0. The number of terminal acetylenes is 1. The van der Waals surface area contributed by atoms with Gasteiger partial charge in [0.1, 0.15) is 0 Å². The summed E-state index contributed by atoms with van der Waals surface area (Å²) in [6.45, 7) is 2.34. The van der Waals surface area contributed by atoms with Gasteiger partial charge in [0.15, 0.2) is 0 Å². The van der Waals surface area contributed by atoms with Crippen LogP contribution in [0.5, 0.6) is 0 Å². The van der Waals surface area contributed by atoms with Gasteiger partial charge in [-0.1, -0.05) is 0 Å². The molecule has 1 rings (SSSR count). The standard InChI is InChI=1S/C12H20N2O2/c1-3-4-11(13)12(15)14(2)9-10-5-7-16-8-6-10/h1,10-11H,4-9,13H2,2H3. The Morgan fingerprint density at radius 3 is 2.81 bits per heavy atom. The lowest BCUT2D eigenvalue weighted by Gasteiger charge is -2.28. The van der Waals surface area contributed by atoms with Crippen LogP contribution in [0.2, 0.25) is 0 Å². The van der Waals surface area contributed by atoms with Gasteiger partial charge in [0.25, 0.3) is 0 Å². The molecule has 1 aliphatic rings. The van der Waals surface area contributed by atoms with E-state index < -0.39 is 6.04 Å². The van der Waals surface area contributed by atoms with E-state index in [0.717, 1.165) is 32.6 Å². The van der Waals surface area contributed by atoms with E-state index in [0.29, 0.717) is 12.3 Å². The first-order valence-electron chi connectivity index (χ1n) is 5.67. The molecule has 4 nitrogen and oxygen atoms in total. The SMILES string of the molecule is C#CCC(N)C(=O)N(C)CC1CCOCC1. The average molecular weight is 224 g/mol. The molecule has 0 aromatic heterocycles. The second-order valence-electron chi connectivity index (χ2n) is 4.29. The smallest absolute Gasteiger partial charge is 0.240 e. The molecule has 0 aromatic carbocycles. The molecule has 2 N–H and O–H groups in total. The fraction of sp³-hybridized carbons (Fsp3) is 0.750. The van der Waals surface area contributed by atoms with Crippen LogP contribution in [0.1, 0.15) is 19.3 Å². The number of rotatable bonds is 4. The molecule has 1 aliphatic heterocycles. The zero-order valence-electron chi connectivity index (χ0n) is 9.82. The first kappa shape index (κ1) is 13.0. The fourth-order valence-electron chi connectivity index (χ4n) is 1.90. The van der Waals surface area contributed by atoms with Crippen molar-refractivity contribution in [2.45, 2.75) is 25.3 Å². The topological polar surface area (TPSA) is 55.6 Å². The molecule has 0 radical (unpaired) electrons. The molecule has 1 saturated heterocycles. The van der Waals surface area contributed by atoms with Gasteiger partial charge < -0.3 is 15.4 Å². The van der Waals surface area contributed by atoms with Crippen LogP contribution in [0.15, 0.2) is 0 Å². The van der Waals surface area contributed by atoms with Gasteiger partial charge >= 0.3 is 0 Å². The molecular weight excluding hydrogens is 204 g/mol. The Morgan fingerprint density at radius 2 is 2.25 bits per heavy atom. The number of nitrogens with two attached hydrogens (primary N) is 1. The Bertz CT molecular complexity index is 267. The first-order chi connectivity index (χ1) is 7.65. The minimum Gasteiger partial charge on any atom is -0.381 e. The van der Waals surface area contributed by atoms with E-state index in [4.69, 9.17) is 16.9 Å². The average Bonchev–Trinajstić information content (AvgIpc) is 2.29. The molecule has 0 bridgehead atoms. The molecule has 1 heterocycles. The van der Waals surface area contributed by atoms with E-state index in [1.807, 2.05) is 0 Å². The quantitative estimate of drug-likeness (QED) is 0.695. The molecule has 1 unspecified atom stereocenters. The van der Waals surface area contributed by atoms with Gasteiger partial charge in [0, 0.05) is 33.2 Å². The lowest BCUT2D eigenvalue weighted by molar-refractivity contribution is -0.132. The highest BCUT2D eigenvalue weighted by molar-refractivity contribution is 5.81. The summed E-state index contributed by atoms with van der Waals surface area (Å²) in [7, 11) is 1.79. The highest BCUT2D eigenvalue weighted by Gasteiger charge is 2.21.